The monoisotopic (exact) mass is 307 g/mol. The van der Waals surface area contributed by atoms with Crippen molar-refractivity contribution in [2.45, 2.75) is 37.5 Å². The number of ether oxygens (including phenoxy) is 2. The number of aliphatic hydroxyl groups excluding tert-OH is 1. The van der Waals surface area contributed by atoms with Crippen molar-refractivity contribution in [1.29, 1.82) is 0 Å². The lowest BCUT2D eigenvalue weighted by molar-refractivity contribution is -0.149. The molecule has 1 aliphatic heterocycles. The Balaban J connectivity index is 1.92. The molecule has 0 saturated carbocycles. The van der Waals surface area contributed by atoms with Crippen LogP contribution in [0.2, 0.25) is 0 Å². The van der Waals surface area contributed by atoms with Crippen LogP contribution in [0.15, 0.2) is 30.3 Å². The highest BCUT2D eigenvalue weighted by Gasteiger charge is 2.33. The van der Waals surface area contributed by atoms with Gasteiger partial charge in [0, 0.05) is 5.56 Å². The molecule has 1 aliphatic rings. The van der Waals surface area contributed by atoms with Gasteiger partial charge in [0.25, 0.3) is 5.91 Å². The van der Waals surface area contributed by atoms with Gasteiger partial charge in [-0.1, -0.05) is 18.2 Å². The summed E-state index contributed by atoms with van der Waals surface area (Å²) in [6.45, 7) is -0.211. The number of esters is 1. The quantitative estimate of drug-likeness (QED) is 0.789. The number of hydrogen-bond donors (Lipinski definition) is 2. The Morgan fingerprint density at radius 2 is 2.05 bits per heavy atom. The van der Waals surface area contributed by atoms with Crippen molar-refractivity contribution in [3.8, 4) is 0 Å². The van der Waals surface area contributed by atoms with Crippen molar-refractivity contribution < 1.29 is 24.2 Å². The predicted octanol–water partition coefficient (Wildman–Crippen LogP) is 0.888. The lowest BCUT2D eigenvalue weighted by atomic mass is 9.97. The second-order valence-corrected chi connectivity index (χ2v) is 5.28. The van der Waals surface area contributed by atoms with Gasteiger partial charge in [-0.05, 0) is 25.0 Å². The Morgan fingerprint density at radius 1 is 1.32 bits per heavy atom. The average Bonchev–Trinajstić information content (AvgIpc) is 2.56. The SMILES string of the molecule is COC(=O)C[C@H]1CC[C@@H](NC(=O)c2ccccc2)[C@@H](CO)O1. The number of methoxy groups -OCH3 is 1. The van der Waals surface area contributed by atoms with Gasteiger partial charge >= 0.3 is 5.97 Å². The lowest BCUT2D eigenvalue weighted by Gasteiger charge is -2.35. The molecule has 2 N–H and O–H groups in total. The second-order valence-electron chi connectivity index (χ2n) is 5.28. The van der Waals surface area contributed by atoms with Crippen molar-refractivity contribution in [2.24, 2.45) is 0 Å². The van der Waals surface area contributed by atoms with Gasteiger partial charge in [0.2, 0.25) is 0 Å². The molecule has 0 aliphatic carbocycles. The third-order valence-corrected chi connectivity index (χ3v) is 3.77. The molecule has 0 spiro atoms. The summed E-state index contributed by atoms with van der Waals surface area (Å²) in [6, 6.07) is 8.62. The number of amides is 1. The number of rotatable bonds is 5. The first-order chi connectivity index (χ1) is 10.6. The Bertz CT molecular complexity index is 505. The van der Waals surface area contributed by atoms with E-state index in [0.717, 1.165) is 0 Å². The predicted molar refractivity (Wildman–Crippen MR) is 79.3 cm³/mol. The molecule has 6 heteroatoms. The Labute approximate surface area is 129 Å². The van der Waals surface area contributed by atoms with E-state index in [0.29, 0.717) is 18.4 Å². The summed E-state index contributed by atoms with van der Waals surface area (Å²) in [4.78, 5) is 23.4. The van der Waals surface area contributed by atoms with Crippen LogP contribution in [0.25, 0.3) is 0 Å². The van der Waals surface area contributed by atoms with E-state index in [1.807, 2.05) is 6.07 Å². The molecule has 1 amide bonds. The summed E-state index contributed by atoms with van der Waals surface area (Å²) < 4.78 is 10.3. The number of hydrogen-bond acceptors (Lipinski definition) is 5. The summed E-state index contributed by atoms with van der Waals surface area (Å²) in [7, 11) is 1.33. The highest BCUT2D eigenvalue weighted by molar-refractivity contribution is 5.94. The van der Waals surface area contributed by atoms with Gasteiger partial charge in [0.05, 0.1) is 32.3 Å². The first-order valence-corrected chi connectivity index (χ1v) is 7.33. The molecule has 1 aromatic carbocycles. The zero-order chi connectivity index (χ0) is 15.9. The maximum atomic E-state index is 12.2. The topological polar surface area (TPSA) is 84.9 Å². The minimum atomic E-state index is -0.518. The van der Waals surface area contributed by atoms with Gasteiger partial charge in [-0.25, -0.2) is 0 Å². The van der Waals surface area contributed by atoms with Crippen molar-refractivity contribution in [1.82, 2.24) is 5.32 Å². The first-order valence-electron chi connectivity index (χ1n) is 7.33. The van der Waals surface area contributed by atoms with Crippen molar-refractivity contribution in [3.05, 3.63) is 35.9 Å². The molecule has 0 aromatic heterocycles. The van der Waals surface area contributed by atoms with E-state index < -0.39 is 6.10 Å². The van der Waals surface area contributed by atoms with E-state index in [-0.39, 0.29) is 37.0 Å². The maximum Gasteiger partial charge on any atom is 0.308 e. The van der Waals surface area contributed by atoms with Crippen molar-refractivity contribution in [3.63, 3.8) is 0 Å². The molecule has 2 rings (SSSR count). The van der Waals surface area contributed by atoms with Crippen LogP contribution in [0.4, 0.5) is 0 Å². The van der Waals surface area contributed by atoms with Gasteiger partial charge < -0.3 is 19.9 Å². The molecule has 22 heavy (non-hydrogen) atoms. The number of aliphatic hydroxyl groups is 1. The van der Waals surface area contributed by atoms with Crippen molar-refractivity contribution in [2.75, 3.05) is 13.7 Å². The van der Waals surface area contributed by atoms with Gasteiger partial charge in [-0.15, -0.1) is 0 Å². The number of nitrogens with one attached hydrogen (secondary N) is 1. The summed E-state index contributed by atoms with van der Waals surface area (Å²) in [6.07, 6.45) is 0.633. The van der Waals surface area contributed by atoms with E-state index in [1.165, 1.54) is 7.11 Å². The Kier molecular flexibility index (Phi) is 5.91. The largest absolute Gasteiger partial charge is 0.469 e. The highest BCUT2D eigenvalue weighted by Crippen LogP contribution is 2.22. The highest BCUT2D eigenvalue weighted by atomic mass is 16.5. The molecule has 0 radical (unpaired) electrons. The van der Waals surface area contributed by atoms with E-state index in [9.17, 15) is 14.7 Å². The molecule has 0 bridgehead atoms. The normalized spacial score (nSPS) is 24.5. The standard InChI is InChI=1S/C16H21NO5/c1-21-15(19)9-12-7-8-13(14(10-18)22-12)17-16(20)11-5-3-2-4-6-11/h2-6,12-14,18H,7-10H2,1H3,(H,17,20)/t12-,13-,14-/m1/s1. The third-order valence-electron chi connectivity index (χ3n) is 3.77. The van der Waals surface area contributed by atoms with E-state index in [1.54, 1.807) is 24.3 Å². The molecule has 120 valence electrons. The summed E-state index contributed by atoms with van der Waals surface area (Å²) in [5, 5.41) is 12.3. The van der Waals surface area contributed by atoms with Crippen LogP contribution in [0.1, 0.15) is 29.6 Å². The summed E-state index contributed by atoms with van der Waals surface area (Å²) in [5.74, 6) is -0.535. The van der Waals surface area contributed by atoms with Gasteiger partial charge in [0.1, 0.15) is 6.10 Å². The van der Waals surface area contributed by atoms with Crippen LogP contribution in [0.5, 0.6) is 0 Å². The average molecular weight is 307 g/mol. The van der Waals surface area contributed by atoms with Crippen LogP contribution < -0.4 is 5.32 Å². The smallest absolute Gasteiger partial charge is 0.308 e. The molecular weight excluding hydrogens is 286 g/mol. The van der Waals surface area contributed by atoms with Crippen LogP contribution in [0.3, 0.4) is 0 Å². The van der Waals surface area contributed by atoms with Crippen molar-refractivity contribution >= 4 is 11.9 Å². The number of carbonyl (C=O) groups excluding carboxylic acids is 2. The zero-order valence-corrected chi connectivity index (χ0v) is 12.5. The molecule has 3 atom stereocenters. The van der Waals surface area contributed by atoms with Gasteiger partial charge in [-0.3, -0.25) is 9.59 Å². The van der Waals surface area contributed by atoms with E-state index >= 15 is 0 Å². The zero-order valence-electron chi connectivity index (χ0n) is 12.5. The minimum absolute atomic E-state index is 0.159. The van der Waals surface area contributed by atoms with Crippen LogP contribution in [0, 0.1) is 0 Å². The summed E-state index contributed by atoms with van der Waals surface area (Å²) >= 11 is 0. The first kappa shape index (κ1) is 16.5. The van der Waals surface area contributed by atoms with E-state index in [4.69, 9.17) is 4.74 Å². The minimum Gasteiger partial charge on any atom is -0.469 e. The fourth-order valence-corrected chi connectivity index (χ4v) is 2.56. The van der Waals surface area contributed by atoms with Gasteiger partial charge in [-0.2, -0.15) is 0 Å². The molecule has 1 saturated heterocycles. The fraction of sp³-hybridized carbons (Fsp3) is 0.500. The van der Waals surface area contributed by atoms with Crippen LogP contribution in [-0.4, -0.2) is 48.9 Å². The second kappa shape index (κ2) is 7.91. The molecule has 0 unspecified atom stereocenters. The molecule has 1 fully saturated rings. The number of carbonyl (C=O) groups is 2. The molecule has 1 heterocycles. The van der Waals surface area contributed by atoms with Crippen LogP contribution >= 0.6 is 0 Å². The molecule has 1 aromatic rings. The third kappa shape index (κ3) is 4.29. The van der Waals surface area contributed by atoms with Gasteiger partial charge in [0.15, 0.2) is 0 Å². The molecule has 6 nitrogen and oxygen atoms in total. The fourth-order valence-electron chi connectivity index (χ4n) is 2.56. The Morgan fingerprint density at radius 3 is 2.68 bits per heavy atom. The Hall–Kier alpha value is -1.92. The molecular formula is C16H21NO5. The lowest BCUT2D eigenvalue weighted by Crippen LogP contribution is -2.51. The summed E-state index contributed by atoms with van der Waals surface area (Å²) in [5.41, 5.74) is 0.566. The maximum absolute atomic E-state index is 12.2. The van der Waals surface area contributed by atoms with E-state index in [2.05, 4.69) is 10.1 Å². The number of benzene rings is 1. The van der Waals surface area contributed by atoms with Crippen LogP contribution in [-0.2, 0) is 14.3 Å².